The van der Waals surface area contributed by atoms with Crippen molar-refractivity contribution < 1.29 is 4.79 Å². The van der Waals surface area contributed by atoms with E-state index < -0.39 is 0 Å². The van der Waals surface area contributed by atoms with Gasteiger partial charge in [-0.05, 0) is 47.2 Å². The van der Waals surface area contributed by atoms with Crippen LogP contribution in [0.2, 0.25) is 0 Å². The molecule has 24 heavy (non-hydrogen) atoms. The Hall–Kier alpha value is -3.09. The molecule has 0 unspecified atom stereocenters. The Morgan fingerprint density at radius 2 is 2.00 bits per heavy atom. The number of tetrazole rings is 1. The molecule has 0 radical (unpaired) electrons. The second-order valence-corrected chi connectivity index (χ2v) is 5.40. The van der Waals surface area contributed by atoms with Crippen LogP contribution in [0.15, 0.2) is 48.7 Å². The molecule has 3 rings (SSSR count). The second kappa shape index (κ2) is 7.45. The summed E-state index contributed by atoms with van der Waals surface area (Å²) in [5.41, 5.74) is 2.79. The fourth-order valence-electron chi connectivity index (χ4n) is 2.35. The van der Waals surface area contributed by atoms with Crippen molar-refractivity contribution in [3.05, 3.63) is 65.7 Å². The Kier molecular flexibility index (Phi) is 4.90. The summed E-state index contributed by atoms with van der Waals surface area (Å²) in [5.74, 6) is 0.715. The maximum Gasteiger partial charge on any atom is 0.224 e. The molecule has 1 amide bonds. The SMILES string of the molecule is Cc1nnnn1-c1ccc(CC(=O)NCCc2ccccn2)cc1. The van der Waals surface area contributed by atoms with Gasteiger partial charge in [0.15, 0.2) is 5.82 Å². The van der Waals surface area contributed by atoms with E-state index in [4.69, 9.17) is 0 Å². The number of aromatic nitrogens is 5. The van der Waals surface area contributed by atoms with E-state index >= 15 is 0 Å². The summed E-state index contributed by atoms with van der Waals surface area (Å²) in [7, 11) is 0. The fraction of sp³-hybridized carbons (Fsp3) is 0.235. The standard InChI is InChI=1S/C17H18N6O/c1-13-20-21-22-23(13)16-7-5-14(6-8-16)12-17(24)19-11-9-15-4-2-3-10-18-15/h2-8,10H,9,11-12H2,1H3,(H,19,24). The van der Waals surface area contributed by atoms with Gasteiger partial charge in [-0.15, -0.1) is 5.10 Å². The molecular formula is C17H18N6O. The normalized spacial score (nSPS) is 10.5. The zero-order valence-corrected chi connectivity index (χ0v) is 13.4. The van der Waals surface area contributed by atoms with Crippen LogP contribution >= 0.6 is 0 Å². The molecule has 7 heteroatoms. The zero-order chi connectivity index (χ0) is 16.8. The topological polar surface area (TPSA) is 85.6 Å². The summed E-state index contributed by atoms with van der Waals surface area (Å²) in [4.78, 5) is 16.2. The number of rotatable bonds is 6. The van der Waals surface area contributed by atoms with Crippen LogP contribution in [0.1, 0.15) is 17.1 Å². The molecular weight excluding hydrogens is 304 g/mol. The minimum Gasteiger partial charge on any atom is -0.355 e. The van der Waals surface area contributed by atoms with Crippen LogP contribution in [0.25, 0.3) is 5.69 Å². The van der Waals surface area contributed by atoms with Crippen molar-refractivity contribution in [2.45, 2.75) is 19.8 Å². The number of amides is 1. The lowest BCUT2D eigenvalue weighted by molar-refractivity contribution is -0.120. The molecule has 1 aromatic carbocycles. The van der Waals surface area contributed by atoms with Crippen LogP contribution in [-0.2, 0) is 17.6 Å². The quantitative estimate of drug-likeness (QED) is 0.738. The number of aryl methyl sites for hydroxylation is 1. The number of carbonyl (C=O) groups excluding carboxylic acids is 1. The van der Waals surface area contributed by atoms with E-state index in [1.165, 1.54) is 0 Å². The maximum absolute atomic E-state index is 12.0. The summed E-state index contributed by atoms with van der Waals surface area (Å²) >= 11 is 0. The first-order valence-corrected chi connectivity index (χ1v) is 7.73. The van der Waals surface area contributed by atoms with Gasteiger partial charge in [-0.3, -0.25) is 9.78 Å². The smallest absolute Gasteiger partial charge is 0.224 e. The number of hydrogen-bond donors (Lipinski definition) is 1. The molecule has 0 saturated carbocycles. The van der Waals surface area contributed by atoms with E-state index in [2.05, 4.69) is 25.8 Å². The maximum atomic E-state index is 12.0. The van der Waals surface area contributed by atoms with Crippen LogP contribution < -0.4 is 5.32 Å². The molecule has 2 heterocycles. The van der Waals surface area contributed by atoms with Gasteiger partial charge in [-0.2, -0.15) is 4.68 Å². The molecule has 0 aliphatic rings. The molecule has 0 atom stereocenters. The highest BCUT2D eigenvalue weighted by atomic mass is 16.1. The van der Waals surface area contributed by atoms with Gasteiger partial charge < -0.3 is 5.32 Å². The Bertz CT molecular complexity index is 797. The van der Waals surface area contributed by atoms with E-state index in [0.29, 0.717) is 13.0 Å². The molecule has 0 spiro atoms. The van der Waals surface area contributed by atoms with Crippen molar-refractivity contribution in [1.29, 1.82) is 0 Å². The van der Waals surface area contributed by atoms with Crippen molar-refractivity contribution >= 4 is 5.91 Å². The van der Waals surface area contributed by atoms with E-state index in [9.17, 15) is 4.79 Å². The third kappa shape index (κ3) is 4.01. The molecule has 1 N–H and O–H groups in total. The number of benzene rings is 1. The van der Waals surface area contributed by atoms with Gasteiger partial charge in [-0.1, -0.05) is 18.2 Å². The van der Waals surface area contributed by atoms with E-state index in [0.717, 1.165) is 29.2 Å². The highest BCUT2D eigenvalue weighted by molar-refractivity contribution is 5.78. The van der Waals surface area contributed by atoms with E-state index in [1.54, 1.807) is 10.9 Å². The largest absolute Gasteiger partial charge is 0.355 e. The number of pyridine rings is 1. The van der Waals surface area contributed by atoms with Crippen molar-refractivity contribution in [2.75, 3.05) is 6.54 Å². The number of carbonyl (C=O) groups is 1. The average Bonchev–Trinajstić information content (AvgIpc) is 3.03. The summed E-state index contributed by atoms with van der Waals surface area (Å²) < 4.78 is 1.65. The monoisotopic (exact) mass is 322 g/mol. The second-order valence-electron chi connectivity index (χ2n) is 5.40. The Morgan fingerprint density at radius 1 is 1.17 bits per heavy atom. The van der Waals surface area contributed by atoms with Crippen molar-refractivity contribution in [3.63, 3.8) is 0 Å². The third-order valence-corrected chi connectivity index (χ3v) is 3.60. The van der Waals surface area contributed by atoms with Crippen LogP contribution in [0.5, 0.6) is 0 Å². The number of nitrogens with zero attached hydrogens (tertiary/aromatic N) is 5. The van der Waals surface area contributed by atoms with E-state index in [-0.39, 0.29) is 5.91 Å². The summed E-state index contributed by atoms with van der Waals surface area (Å²) in [6.07, 6.45) is 2.83. The van der Waals surface area contributed by atoms with Gasteiger partial charge in [0, 0.05) is 24.9 Å². The Morgan fingerprint density at radius 3 is 2.67 bits per heavy atom. The average molecular weight is 322 g/mol. The molecule has 0 aliphatic heterocycles. The summed E-state index contributed by atoms with van der Waals surface area (Å²) in [5, 5.41) is 14.3. The minimum atomic E-state index is -0.00251. The molecule has 2 aromatic heterocycles. The van der Waals surface area contributed by atoms with Gasteiger partial charge in [0.25, 0.3) is 0 Å². The van der Waals surface area contributed by atoms with Crippen molar-refractivity contribution in [1.82, 2.24) is 30.5 Å². The van der Waals surface area contributed by atoms with Crippen molar-refractivity contribution in [2.24, 2.45) is 0 Å². The molecule has 7 nitrogen and oxygen atoms in total. The Balaban J connectivity index is 1.50. The zero-order valence-electron chi connectivity index (χ0n) is 13.4. The third-order valence-electron chi connectivity index (χ3n) is 3.60. The molecule has 0 fully saturated rings. The van der Waals surface area contributed by atoms with Crippen LogP contribution in [-0.4, -0.2) is 37.6 Å². The highest BCUT2D eigenvalue weighted by Crippen LogP contribution is 2.10. The van der Waals surface area contributed by atoms with Gasteiger partial charge in [0.1, 0.15) is 0 Å². The summed E-state index contributed by atoms with van der Waals surface area (Å²) in [6, 6.07) is 13.4. The van der Waals surface area contributed by atoms with Gasteiger partial charge in [0.05, 0.1) is 12.1 Å². The van der Waals surface area contributed by atoms with E-state index in [1.807, 2.05) is 49.4 Å². The van der Waals surface area contributed by atoms with Gasteiger partial charge in [-0.25, -0.2) is 0 Å². The fourth-order valence-corrected chi connectivity index (χ4v) is 2.35. The lowest BCUT2D eigenvalue weighted by atomic mass is 10.1. The highest BCUT2D eigenvalue weighted by Gasteiger charge is 2.06. The number of hydrogen-bond acceptors (Lipinski definition) is 5. The first-order valence-electron chi connectivity index (χ1n) is 7.73. The molecule has 122 valence electrons. The predicted octanol–water partition coefficient (Wildman–Crippen LogP) is 1.27. The van der Waals surface area contributed by atoms with Crippen LogP contribution in [0.4, 0.5) is 0 Å². The summed E-state index contributed by atoms with van der Waals surface area (Å²) in [6.45, 7) is 2.42. The molecule has 0 saturated heterocycles. The first kappa shape index (κ1) is 15.8. The lowest BCUT2D eigenvalue weighted by Crippen LogP contribution is -2.27. The van der Waals surface area contributed by atoms with Gasteiger partial charge >= 0.3 is 0 Å². The predicted molar refractivity (Wildman–Crippen MR) is 88.5 cm³/mol. The molecule has 0 aliphatic carbocycles. The van der Waals surface area contributed by atoms with Crippen LogP contribution in [0.3, 0.4) is 0 Å². The molecule has 0 bridgehead atoms. The lowest BCUT2D eigenvalue weighted by Gasteiger charge is -2.06. The van der Waals surface area contributed by atoms with Gasteiger partial charge in [0.2, 0.25) is 5.91 Å². The van der Waals surface area contributed by atoms with Crippen molar-refractivity contribution in [3.8, 4) is 5.69 Å². The first-order chi connectivity index (χ1) is 11.7. The van der Waals surface area contributed by atoms with Crippen LogP contribution in [0, 0.1) is 6.92 Å². The number of nitrogens with one attached hydrogen (secondary N) is 1. The minimum absolute atomic E-state index is 0.00251. The Labute approximate surface area is 139 Å². The molecule has 3 aromatic rings.